The number of ketones is 1. The van der Waals surface area contributed by atoms with Crippen LogP contribution in [0, 0.1) is 0 Å². The molecule has 0 unspecified atom stereocenters. The van der Waals surface area contributed by atoms with Gasteiger partial charge in [-0.3, -0.25) is 15.0 Å². The van der Waals surface area contributed by atoms with Crippen LogP contribution in [0.2, 0.25) is 0 Å². The second-order valence-corrected chi connectivity index (χ2v) is 3.28. The predicted octanol–water partition coefficient (Wildman–Crippen LogP) is 0.976. The number of carbonyl (C=O) groups excluding carboxylic acids is 2. The Labute approximate surface area is 85.5 Å². The van der Waals surface area contributed by atoms with E-state index in [2.05, 4.69) is 0 Å². The number of hydrogen-bond acceptors (Lipinski definition) is 4. The monoisotopic (exact) mass is 220 g/mol. The number of amides is 1. The lowest BCUT2D eigenvalue weighted by molar-refractivity contribution is 0.0957. The number of hydrazine groups is 1. The molecule has 1 aromatic rings. The molecule has 13 heavy (non-hydrogen) atoms. The topological polar surface area (TPSA) is 72.2 Å². The van der Waals surface area contributed by atoms with E-state index in [0.29, 0.717) is 9.75 Å². The van der Waals surface area contributed by atoms with E-state index in [9.17, 15) is 9.59 Å². The molecule has 1 aromatic heterocycles. The van der Waals surface area contributed by atoms with Crippen molar-refractivity contribution in [2.75, 3.05) is 0 Å². The van der Waals surface area contributed by atoms with Crippen LogP contribution < -0.4 is 11.3 Å². The molecule has 72 valence electrons. The molecule has 0 saturated carbocycles. The van der Waals surface area contributed by atoms with Crippen LogP contribution in [0.4, 0.5) is 0 Å². The molecule has 0 aliphatic carbocycles. The molecule has 0 fully saturated rings. The van der Waals surface area contributed by atoms with Crippen LogP contribution in [-0.2, 0) is 0 Å². The highest BCUT2D eigenvalue weighted by Gasteiger charge is 2.09. The smallest absolute Gasteiger partial charge is 0.275 e. The largest absolute Gasteiger partial charge is 0.294 e. The number of nitrogen functional groups attached to an aromatic ring is 1. The normalized spacial score (nSPS) is 8.77. The van der Waals surface area contributed by atoms with Gasteiger partial charge in [-0.15, -0.1) is 23.7 Å². The number of halogens is 1. The quantitative estimate of drug-likeness (QED) is 0.338. The number of hydrogen-bond donors (Lipinski definition) is 2. The molecule has 0 atom stereocenters. The summed E-state index contributed by atoms with van der Waals surface area (Å²) in [4.78, 5) is 22.7. The molecule has 0 aromatic carbocycles. The van der Waals surface area contributed by atoms with Crippen molar-refractivity contribution < 1.29 is 9.59 Å². The van der Waals surface area contributed by atoms with Crippen molar-refractivity contribution in [3.8, 4) is 0 Å². The van der Waals surface area contributed by atoms with E-state index < -0.39 is 0 Å². The first kappa shape index (κ1) is 12.1. The summed E-state index contributed by atoms with van der Waals surface area (Å²) in [5.74, 6) is 4.50. The summed E-state index contributed by atoms with van der Waals surface area (Å²) in [6, 6.07) is 3.18. The summed E-state index contributed by atoms with van der Waals surface area (Å²) in [5, 5.41) is 0. The highest BCUT2D eigenvalue weighted by molar-refractivity contribution is 7.15. The van der Waals surface area contributed by atoms with Crippen LogP contribution in [0.1, 0.15) is 26.3 Å². The molecule has 6 heteroatoms. The van der Waals surface area contributed by atoms with Gasteiger partial charge >= 0.3 is 0 Å². The van der Waals surface area contributed by atoms with Gasteiger partial charge in [0.1, 0.15) is 0 Å². The van der Waals surface area contributed by atoms with Gasteiger partial charge in [0.25, 0.3) is 5.91 Å². The molecule has 3 N–H and O–H groups in total. The number of nitrogens with two attached hydrogens (primary N) is 1. The average molecular weight is 221 g/mol. The highest BCUT2D eigenvalue weighted by Crippen LogP contribution is 2.16. The van der Waals surface area contributed by atoms with E-state index in [1.807, 2.05) is 5.43 Å². The van der Waals surface area contributed by atoms with Crippen molar-refractivity contribution in [1.29, 1.82) is 0 Å². The van der Waals surface area contributed by atoms with Crippen LogP contribution in [-0.4, -0.2) is 11.7 Å². The third-order valence-electron chi connectivity index (χ3n) is 1.31. The maximum atomic E-state index is 10.9. The van der Waals surface area contributed by atoms with Crippen molar-refractivity contribution in [3.05, 3.63) is 21.9 Å². The summed E-state index contributed by atoms with van der Waals surface area (Å²) >= 11 is 1.13. The van der Waals surface area contributed by atoms with Crippen LogP contribution in [0.15, 0.2) is 12.1 Å². The van der Waals surface area contributed by atoms with E-state index in [4.69, 9.17) is 5.84 Å². The minimum Gasteiger partial charge on any atom is -0.294 e. The SMILES string of the molecule is CC(=O)c1ccc(C(=O)NN)s1.Cl. The average Bonchev–Trinajstić information content (AvgIpc) is 2.51. The fraction of sp³-hybridized carbons (Fsp3) is 0.143. The van der Waals surface area contributed by atoms with Gasteiger partial charge in [0.05, 0.1) is 9.75 Å². The number of thiophene rings is 1. The van der Waals surface area contributed by atoms with Crippen molar-refractivity contribution >= 4 is 35.4 Å². The Morgan fingerprint density at radius 1 is 1.38 bits per heavy atom. The number of rotatable bonds is 2. The third kappa shape index (κ3) is 2.80. The lowest BCUT2D eigenvalue weighted by Gasteiger charge is -1.91. The lowest BCUT2D eigenvalue weighted by Crippen LogP contribution is -2.29. The second kappa shape index (κ2) is 4.96. The summed E-state index contributed by atoms with van der Waals surface area (Å²) in [6.07, 6.45) is 0. The number of carbonyl (C=O) groups is 2. The van der Waals surface area contributed by atoms with E-state index in [1.54, 1.807) is 12.1 Å². The standard InChI is InChI=1S/C7H8N2O2S.ClH/c1-4(10)5-2-3-6(12-5)7(11)9-8;/h2-3H,8H2,1H3,(H,9,11);1H. The van der Waals surface area contributed by atoms with Gasteiger partial charge in [-0.2, -0.15) is 0 Å². The van der Waals surface area contributed by atoms with Crippen molar-refractivity contribution in [2.24, 2.45) is 5.84 Å². The van der Waals surface area contributed by atoms with Gasteiger partial charge in [-0.25, -0.2) is 5.84 Å². The zero-order valence-electron chi connectivity index (χ0n) is 6.87. The van der Waals surface area contributed by atoms with Crippen LogP contribution in [0.25, 0.3) is 0 Å². The van der Waals surface area contributed by atoms with Crippen molar-refractivity contribution in [3.63, 3.8) is 0 Å². The van der Waals surface area contributed by atoms with Crippen LogP contribution >= 0.6 is 23.7 Å². The van der Waals surface area contributed by atoms with Gasteiger partial charge in [0.2, 0.25) is 0 Å². The maximum absolute atomic E-state index is 10.9. The van der Waals surface area contributed by atoms with Gasteiger partial charge in [0.15, 0.2) is 5.78 Å². The first-order valence-electron chi connectivity index (χ1n) is 3.27. The Bertz CT molecular complexity index is 324. The highest BCUT2D eigenvalue weighted by atomic mass is 35.5. The third-order valence-corrected chi connectivity index (χ3v) is 2.49. The first-order valence-corrected chi connectivity index (χ1v) is 4.08. The minimum atomic E-state index is -0.368. The number of nitrogens with one attached hydrogen (secondary N) is 1. The lowest BCUT2D eigenvalue weighted by atomic mass is 10.3. The Hall–Kier alpha value is -0.910. The molecular weight excluding hydrogens is 212 g/mol. The molecule has 0 aliphatic heterocycles. The first-order chi connectivity index (χ1) is 5.65. The maximum Gasteiger partial charge on any atom is 0.275 e. The van der Waals surface area contributed by atoms with E-state index in [-0.39, 0.29) is 24.1 Å². The Morgan fingerprint density at radius 3 is 2.31 bits per heavy atom. The van der Waals surface area contributed by atoms with E-state index >= 15 is 0 Å². The summed E-state index contributed by atoms with van der Waals surface area (Å²) in [5.41, 5.74) is 1.99. The van der Waals surface area contributed by atoms with Crippen LogP contribution in [0.3, 0.4) is 0 Å². The van der Waals surface area contributed by atoms with E-state index in [0.717, 1.165) is 11.3 Å². The summed E-state index contributed by atoms with van der Waals surface area (Å²) in [7, 11) is 0. The summed E-state index contributed by atoms with van der Waals surface area (Å²) < 4.78 is 0. The van der Waals surface area contributed by atoms with E-state index in [1.165, 1.54) is 6.92 Å². The predicted molar refractivity (Wildman–Crippen MR) is 53.2 cm³/mol. The molecule has 0 radical (unpaired) electrons. The second-order valence-electron chi connectivity index (χ2n) is 2.19. The zero-order valence-corrected chi connectivity index (χ0v) is 8.50. The number of Topliss-reactive ketones (excluding diaryl/α,β-unsaturated/α-hetero) is 1. The Kier molecular flexibility index (Phi) is 4.61. The van der Waals surface area contributed by atoms with Crippen LogP contribution in [0.5, 0.6) is 0 Å². The molecular formula is C7H9ClN2O2S. The molecule has 1 amide bonds. The van der Waals surface area contributed by atoms with Gasteiger partial charge in [0, 0.05) is 0 Å². The molecule has 0 spiro atoms. The fourth-order valence-corrected chi connectivity index (χ4v) is 1.52. The van der Waals surface area contributed by atoms with Gasteiger partial charge in [-0.05, 0) is 19.1 Å². The fourth-order valence-electron chi connectivity index (χ4n) is 0.720. The van der Waals surface area contributed by atoms with Gasteiger partial charge in [-0.1, -0.05) is 0 Å². The molecule has 4 nitrogen and oxygen atoms in total. The molecule has 0 saturated heterocycles. The molecule has 0 aliphatic rings. The summed E-state index contributed by atoms with van der Waals surface area (Å²) in [6.45, 7) is 1.45. The Morgan fingerprint density at radius 2 is 1.92 bits per heavy atom. The molecule has 1 rings (SSSR count). The minimum absolute atomic E-state index is 0. The van der Waals surface area contributed by atoms with Crippen molar-refractivity contribution in [2.45, 2.75) is 6.92 Å². The molecule has 0 bridgehead atoms. The van der Waals surface area contributed by atoms with Gasteiger partial charge < -0.3 is 0 Å². The zero-order chi connectivity index (χ0) is 9.14. The molecule has 1 heterocycles. The Balaban J connectivity index is 0.00000144. The van der Waals surface area contributed by atoms with Crippen molar-refractivity contribution in [1.82, 2.24) is 5.43 Å².